The lowest BCUT2D eigenvalue weighted by Gasteiger charge is -2.35. The lowest BCUT2D eigenvalue weighted by Crippen LogP contribution is -2.32. The molecule has 0 unspecified atom stereocenters. The first-order valence-corrected chi connectivity index (χ1v) is 10.1. The summed E-state index contributed by atoms with van der Waals surface area (Å²) in [5.74, 6) is 0.292. The molecule has 2 aliphatic heterocycles. The van der Waals surface area contributed by atoms with Gasteiger partial charge in [-0.15, -0.1) is 0 Å². The minimum Gasteiger partial charge on any atom is -0.371 e. The Morgan fingerprint density at radius 2 is 1.85 bits per heavy atom. The first-order chi connectivity index (χ1) is 12.3. The van der Waals surface area contributed by atoms with Gasteiger partial charge in [-0.3, -0.25) is 0 Å². The van der Waals surface area contributed by atoms with E-state index < -0.39 is 0 Å². The van der Waals surface area contributed by atoms with Gasteiger partial charge in [-0.2, -0.15) is 0 Å². The number of fused-ring (bicyclic) bond motifs is 1. The fraction of sp³-hybridized carbons (Fsp3) is 0.455. The first kappa shape index (κ1) is 18.2. The molecule has 0 amide bonds. The van der Waals surface area contributed by atoms with Gasteiger partial charge in [0.1, 0.15) is 0 Å². The Morgan fingerprint density at radius 1 is 1.08 bits per heavy atom. The maximum Gasteiger partial charge on any atom is 0.0468 e. The summed E-state index contributed by atoms with van der Waals surface area (Å²) < 4.78 is 0. The van der Waals surface area contributed by atoms with E-state index >= 15 is 0 Å². The lowest BCUT2D eigenvalue weighted by molar-refractivity contribution is 0.295. The van der Waals surface area contributed by atoms with E-state index in [-0.39, 0.29) is 0 Å². The largest absolute Gasteiger partial charge is 0.371 e. The number of benzene rings is 2. The van der Waals surface area contributed by atoms with Crippen molar-refractivity contribution in [3.8, 4) is 0 Å². The quantitative estimate of drug-likeness (QED) is 0.640. The molecule has 0 radical (unpaired) electrons. The average Bonchev–Trinajstić information content (AvgIpc) is 2.95. The number of hydrogen-bond acceptors (Lipinski definition) is 2. The second-order valence-electron chi connectivity index (χ2n) is 8.60. The molecule has 138 valence electrons. The number of anilines is 1. The van der Waals surface area contributed by atoms with Gasteiger partial charge in [0.05, 0.1) is 0 Å². The molecule has 4 rings (SSSR count). The Morgan fingerprint density at radius 3 is 2.58 bits per heavy atom. The molecule has 1 saturated heterocycles. The van der Waals surface area contributed by atoms with Crippen molar-refractivity contribution >= 4 is 28.9 Å². The van der Waals surface area contributed by atoms with Gasteiger partial charge >= 0.3 is 0 Å². The highest BCUT2D eigenvalue weighted by Crippen LogP contribution is 2.43. The smallest absolute Gasteiger partial charge is 0.0468 e. The van der Waals surface area contributed by atoms with Gasteiger partial charge in [0, 0.05) is 47.8 Å². The molecule has 26 heavy (non-hydrogen) atoms. The predicted molar refractivity (Wildman–Crippen MR) is 112 cm³/mol. The molecule has 0 spiro atoms. The Bertz CT molecular complexity index is 831. The highest BCUT2D eigenvalue weighted by atomic mass is 35.5. The van der Waals surface area contributed by atoms with Crippen molar-refractivity contribution in [3.63, 3.8) is 0 Å². The lowest BCUT2D eigenvalue weighted by atomic mass is 9.83. The van der Waals surface area contributed by atoms with Crippen LogP contribution in [0.3, 0.4) is 0 Å². The van der Waals surface area contributed by atoms with E-state index in [1.165, 1.54) is 28.8 Å². The van der Waals surface area contributed by atoms with Crippen molar-refractivity contribution in [3.05, 3.63) is 63.1 Å². The highest BCUT2D eigenvalue weighted by molar-refractivity contribution is 6.35. The van der Waals surface area contributed by atoms with E-state index in [0.717, 1.165) is 36.2 Å². The van der Waals surface area contributed by atoms with Crippen LogP contribution in [0, 0.1) is 5.41 Å². The van der Waals surface area contributed by atoms with Gasteiger partial charge in [0.2, 0.25) is 0 Å². The summed E-state index contributed by atoms with van der Waals surface area (Å²) in [5, 5.41) is 1.51. The van der Waals surface area contributed by atoms with Crippen molar-refractivity contribution in [1.82, 2.24) is 4.90 Å². The normalized spacial score (nSPS) is 22.5. The van der Waals surface area contributed by atoms with Crippen LogP contribution in [0.2, 0.25) is 10.0 Å². The molecule has 0 aromatic heterocycles. The van der Waals surface area contributed by atoms with Gasteiger partial charge < -0.3 is 9.80 Å². The molecule has 4 heteroatoms. The molecule has 1 atom stereocenters. The standard InChI is InChI=1S/C22H26Cl2N2/c1-22(2)8-9-26(14-22)21-7-5-4-6-16(21)18-12-25(3)13-19-17(18)10-15(23)11-20(19)24/h4-7,10-11,18H,8-9,12-14H2,1-3H3/t18-/m0/s1. The number of para-hydroxylation sites is 1. The van der Waals surface area contributed by atoms with Gasteiger partial charge in [-0.05, 0) is 53.8 Å². The minimum absolute atomic E-state index is 0.292. The van der Waals surface area contributed by atoms with E-state index in [4.69, 9.17) is 23.2 Å². The van der Waals surface area contributed by atoms with E-state index in [1.54, 1.807) is 0 Å². The molecule has 0 saturated carbocycles. The molecule has 2 aromatic carbocycles. The fourth-order valence-corrected chi connectivity index (χ4v) is 5.07. The Labute approximate surface area is 166 Å². The van der Waals surface area contributed by atoms with Crippen LogP contribution in [0.25, 0.3) is 0 Å². The third-order valence-electron chi connectivity index (χ3n) is 5.82. The molecule has 0 bridgehead atoms. The first-order valence-electron chi connectivity index (χ1n) is 9.34. The molecular weight excluding hydrogens is 363 g/mol. The molecule has 2 aliphatic rings. The second kappa shape index (κ2) is 6.74. The summed E-state index contributed by atoms with van der Waals surface area (Å²) in [5.41, 5.74) is 5.62. The average molecular weight is 389 g/mol. The topological polar surface area (TPSA) is 6.48 Å². The van der Waals surface area contributed by atoms with E-state index in [1.807, 2.05) is 6.07 Å². The third kappa shape index (κ3) is 3.35. The Kier molecular flexibility index (Phi) is 4.71. The van der Waals surface area contributed by atoms with Gasteiger partial charge in [-0.25, -0.2) is 0 Å². The maximum atomic E-state index is 6.55. The number of likely N-dealkylation sites (N-methyl/N-ethyl adjacent to an activating group) is 1. The summed E-state index contributed by atoms with van der Waals surface area (Å²) >= 11 is 12.9. The molecular formula is C22H26Cl2N2. The number of nitrogens with zero attached hydrogens (tertiary/aromatic N) is 2. The minimum atomic E-state index is 0.292. The molecule has 2 heterocycles. The summed E-state index contributed by atoms with van der Waals surface area (Å²) in [4.78, 5) is 4.91. The van der Waals surface area contributed by atoms with Crippen LogP contribution in [-0.4, -0.2) is 31.6 Å². The maximum absolute atomic E-state index is 6.55. The van der Waals surface area contributed by atoms with Crippen LogP contribution in [0.5, 0.6) is 0 Å². The van der Waals surface area contributed by atoms with E-state index in [9.17, 15) is 0 Å². The van der Waals surface area contributed by atoms with Crippen LogP contribution in [0.1, 0.15) is 42.9 Å². The van der Waals surface area contributed by atoms with Crippen LogP contribution < -0.4 is 4.90 Å². The summed E-state index contributed by atoms with van der Waals surface area (Å²) in [6.07, 6.45) is 1.24. The molecule has 0 aliphatic carbocycles. The summed E-state index contributed by atoms with van der Waals surface area (Å²) in [6, 6.07) is 12.8. The van der Waals surface area contributed by atoms with E-state index in [2.05, 4.69) is 61.0 Å². The highest BCUT2D eigenvalue weighted by Gasteiger charge is 2.33. The van der Waals surface area contributed by atoms with Gasteiger partial charge in [-0.1, -0.05) is 55.2 Å². The van der Waals surface area contributed by atoms with Crippen molar-refractivity contribution in [2.75, 3.05) is 31.6 Å². The number of rotatable bonds is 2. The zero-order valence-corrected chi connectivity index (χ0v) is 17.2. The molecule has 1 fully saturated rings. The number of halogens is 2. The zero-order chi connectivity index (χ0) is 18.5. The van der Waals surface area contributed by atoms with Gasteiger partial charge in [0.15, 0.2) is 0 Å². The van der Waals surface area contributed by atoms with Crippen LogP contribution in [0.4, 0.5) is 5.69 Å². The Balaban J connectivity index is 1.80. The number of hydrogen-bond donors (Lipinski definition) is 0. The second-order valence-corrected chi connectivity index (χ2v) is 9.44. The van der Waals surface area contributed by atoms with Gasteiger partial charge in [0.25, 0.3) is 0 Å². The van der Waals surface area contributed by atoms with Crippen LogP contribution in [0.15, 0.2) is 36.4 Å². The predicted octanol–water partition coefficient (Wildman–Crippen LogP) is 5.81. The van der Waals surface area contributed by atoms with Crippen molar-refractivity contribution in [1.29, 1.82) is 0 Å². The fourth-order valence-electron chi connectivity index (χ4n) is 4.50. The summed E-state index contributed by atoms with van der Waals surface area (Å²) in [6.45, 7) is 8.81. The van der Waals surface area contributed by atoms with Crippen LogP contribution in [-0.2, 0) is 6.54 Å². The van der Waals surface area contributed by atoms with Crippen molar-refractivity contribution < 1.29 is 0 Å². The monoisotopic (exact) mass is 388 g/mol. The SMILES string of the molecule is CN1Cc2c(Cl)cc(Cl)cc2[C@H](c2ccccc2N2CCC(C)(C)C2)C1. The molecule has 2 aromatic rings. The van der Waals surface area contributed by atoms with Crippen LogP contribution >= 0.6 is 23.2 Å². The molecule has 2 nitrogen and oxygen atoms in total. The molecule has 0 N–H and O–H groups in total. The Hall–Kier alpha value is -1.22. The van der Waals surface area contributed by atoms with Crippen molar-refractivity contribution in [2.24, 2.45) is 5.41 Å². The third-order valence-corrected chi connectivity index (χ3v) is 6.38. The summed E-state index contributed by atoms with van der Waals surface area (Å²) in [7, 11) is 2.17. The van der Waals surface area contributed by atoms with Crippen molar-refractivity contribution in [2.45, 2.75) is 32.7 Å². The zero-order valence-electron chi connectivity index (χ0n) is 15.7. The van der Waals surface area contributed by atoms with E-state index in [0.29, 0.717) is 11.3 Å².